The molecule has 0 aliphatic heterocycles. The molecule has 0 saturated heterocycles. The number of thioether (sulfide) groups is 1. The van der Waals surface area contributed by atoms with Crippen LogP contribution < -0.4 is 5.32 Å². The van der Waals surface area contributed by atoms with Crippen molar-refractivity contribution in [1.29, 1.82) is 0 Å². The van der Waals surface area contributed by atoms with Crippen molar-refractivity contribution in [3.63, 3.8) is 0 Å². The van der Waals surface area contributed by atoms with Crippen LogP contribution in [0.3, 0.4) is 0 Å². The van der Waals surface area contributed by atoms with Gasteiger partial charge in [0.2, 0.25) is 5.91 Å². The molecule has 0 bridgehead atoms. The van der Waals surface area contributed by atoms with E-state index in [-0.39, 0.29) is 11.2 Å². The lowest BCUT2D eigenvalue weighted by atomic mass is 10.1. The Morgan fingerprint density at radius 1 is 1.14 bits per heavy atom. The van der Waals surface area contributed by atoms with E-state index in [1.807, 2.05) is 56.3 Å². The number of hydrogen-bond donors (Lipinski definition) is 1. The van der Waals surface area contributed by atoms with Crippen LogP contribution in [0.2, 0.25) is 5.02 Å². The van der Waals surface area contributed by atoms with Crippen molar-refractivity contribution in [1.82, 2.24) is 0 Å². The summed E-state index contributed by atoms with van der Waals surface area (Å²) in [5.74, 6) is 0.0331. The Morgan fingerprint density at radius 3 is 2.41 bits per heavy atom. The van der Waals surface area contributed by atoms with E-state index in [2.05, 4.69) is 12.2 Å². The Balaban J connectivity index is 2.04. The molecule has 0 spiro atoms. The van der Waals surface area contributed by atoms with Crippen LogP contribution in [-0.2, 0) is 4.79 Å². The highest BCUT2D eigenvalue weighted by Gasteiger charge is 2.18. The lowest BCUT2D eigenvalue weighted by Gasteiger charge is -2.15. The number of amides is 1. The zero-order valence-corrected chi connectivity index (χ0v) is 14.6. The monoisotopic (exact) mass is 333 g/mol. The number of benzene rings is 2. The van der Waals surface area contributed by atoms with Gasteiger partial charge in [0.05, 0.1) is 5.25 Å². The first kappa shape index (κ1) is 16.9. The highest BCUT2D eigenvalue weighted by atomic mass is 35.5. The number of anilines is 1. The van der Waals surface area contributed by atoms with Crippen molar-refractivity contribution in [2.75, 3.05) is 5.32 Å². The van der Waals surface area contributed by atoms with E-state index in [0.29, 0.717) is 5.02 Å². The van der Waals surface area contributed by atoms with Crippen molar-refractivity contribution >= 4 is 35.0 Å². The highest BCUT2D eigenvalue weighted by molar-refractivity contribution is 8.00. The van der Waals surface area contributed by atoms with Gasteiger partial charge in [0, 0.05) is 15.6 Å². The standard InChI is InChI=1S/C18H20ClNOS/c1-4-17(22-16-9-6-14(19)7-10-16)18(21)20-15-8-5-12(2)13(3)11-15/h5-11,17H,4H2,1-3H3,(H,20,21)/t17-/m1/s1. The molecule has 2 rings (SSSR count). The van der Waals surface area contributed by atoms with Crippen molar-refractivity contribution in [2.24, 2.45) is 0 Å². The molecule has 0 aliphatic rings. The maximum atomic E-state index is 12.5. The summed E-state index contributed by atoms with van der Waals surface area (Å²) < 4.78 is 0. The van der Waals surface area contributed by atoms with Gasteiger partial charge < -0.3 is 5.32 Å². The molecule has 1 N–H and O–H groups in total. The van der Waals surface area contributed by atoms with E-state index < -0.39 is 0 Å². The number of aryl methyl sites for hydroxylation is 2. The van der Waals surface area contributed by atoms with Crippen LogP contribution in [0.1, 0.15) is 24.5 Å². The smallest absolute Gasteiger partial charge is 0.237 e. The number of rotatable bonds is 5. The van der Waals surface area contributed by atoms with Gasteiger partial charge in [-0.2, -0.15) is 0 Å². The zero-order chi connectivity index (χ0) is 16.1. The maximum absolute atomic E-state index is 12.5. The molecule has 0 radical (unpaired) electrons. The molecule has 116 valence electrons. The van der Waals surface area contributed by atoms with Gasteiger partial charge in [-0.25, -0.2) is 0 Å². The molecule has 0 aliphatic carbocycles. The number of halogens is 1. The Hall–Kier alpha value is -1.45. The summed E-state index contributed by atoms with van der Waals surface area (Å²) in [6.45, 7) is 6.13. The minimum Gasteiger partial charge on any atom is -0.325 e. The fraction of sp³-hybridized carbons (Fsp3) is 0.278. The first-order valence-electron chi connectivity index (χ1n) is 7.30. The Bertz CT molecular complexity index is 655. The second kappa shape index (κ2) is 7.70. The van der Waals surface area contributed by atoms with E-state index in [1.165, 1.54) is 11.1 Å². The molecule has 4 heteroatoms. The molecule has 2 aromatic rings. The van der Waals surface area contributed by atoms with Gasteiger partial charge in [0.1, 0.15) is 0 Å². The van der Waals surface area contributed by atoms with Crippen molar-refractivity contribution in [2.45, 2.75) is 37.3 Å². The average Bonchev–Trinajstić information content (AvgIpc) is 2.50. The van der Waals surface area contributed by atoms with E-state index in [0.717, 1.165) is 17.0 Å². The fourth-order valence-electron chi connectivity index (χ4n) is 2.04. The molecule has 0 heterocycles. The summed E-state index contributed by atoms with van der Waals surface area (Å²) in [7, 11) is 0. The largest absolute Gasteiger partial charge is 0.325 e. The van der Waals surface area contributed by atoms with Gasteiger partial charge in [0.15, 0.2) is 0 Å². The number of carbonyl (C=O) groups is 1. The average molecular weight is 334 g/mol. The summed E-state index contributed by atoms with van der Waals surface area (Å²) in [6, 6.07) is 13.6. The quantitative estimate of drug-likeness (QED) is 0.735. The van der Waals surface area contributed by atoms with E-state index in [9.17, 15) is 4.79 Å². The summed E-state index contributed by atoms with van der Waals surface area (Å²) in [6.07, 6.45) is 0.768. The Labute approximate surface area is 141 Å². The molecule has 0 unspecified atom stereocenters. The second-order valence-electron chi connectivity index (χ2n) is 5.26. The molecule has 2 aromatic carbocycles. The van der Waals surface area contributed by atoms with E-state index in [1.54, 1.807) is 11.8 Å². The van der Waals surface area contributed by atoms with E-state index in [4.69, 9.17) is 11.6 Å². The lowest BCUT2D eigenvalue weighted by Crippen LogP contribution is -2.24. The summed E-state index contributed by atoms with van der Waals surface area (Å²) >= 11 is 7.45. The van der Waals surface area contributed by atoms with Gasteiger partial charge in [-0.15, -0.1) is 11.8 Å². The molecule has 22 heavy (non-hydrogen) atoms. The van der Waals surface area contributed by atoms with Gasteiger partial charge in [-0.3, -0.25) is 4.79 Å². The molecule has 0 fully saturated rings. The van der Waals surface area contributed by atoms with Gasteiger partial charge in [-0.05, 0) is 67.8 Å². The minimum absolute atomic E-state index is 0.0331. The van der Waals surface area contributed by atoms with Crippen LogP contribution >= 0.6 is 23.4 Å². The summed E-state index contributed by atoms with van der Waals surface area (Å²) in [4.78, 5) is 13.5. The lowest BCUT2D eigenvalue weighted by molar-refractivity contribution is -0.115. The second-order valence-corrected chi connectivity index (χ2v) is 6.97. The fourth-order valence-corrected chi connectivity index (χ4v) is 3.12. The molecule has 0 aromatic heterocycles. The first-order chi connectivity index (χ1) is 10.5. The zero-order valence-electron chi connectivity index (χ0n) is 13.0. The first-order valence-corrected chi connectivity index (χ1v) is 8.55. The number of carbonyl (C=O) groups excluding carboxylic acids is 1. The third kappa shape index (κ3) is 4.52. The van der Waals surface area contributed by atoms with Crippen molar-refractivity contribution < 1.29 is 4.79 Å². The summed E-state index contributed by atoms with van der Waals surface area (Å²) in [5.41, 5.74) is 3.25. The van der Waals surface area contributed by atoms with E-state index >= 15 is 0 Å². The molecule has 2 nitrogen and oxygen atoms in total. The topological polar surface area (TPSA) is 29.1 Å². The highest BCUT2D eigenvalue weighted by Crippen LogP contribution is 2.27. The number of nitrogens with one attached hydrogen (secondary N) is 1. The molecule has 1 amide bonds. The molecule has 1 atom stereocenters. The van der Waals surface area contributed by atoms with Crippen LogP contribution in [0.4, 0.5) is 5.69 Å². The third-order valence-corrected chi connectivity index (χ3v) is 5.16. The Kier molecular flexibility index (Phi) is 5.92. The third-order valence-electron chi connectivity index (χ3n) is 3.53. The molecular weight excluding hydrogens is 314 g/mol. The van der Waals surface area contributed by atoms with Crippen LogP contribution in [0.5, 0.6) is 0 Å². The maximum Gasteiger partial charge on any atom is 0.237 e. The van der Waals surface area contributed by atoms with Crippen LogP contribution in [0.15, 0.2) is 47.4 Å². The SMILES string of the molecule is CC[C@@H](Sc1ccc(Cl)cc1)C(=O)Nc1ccc(C)c(C)c1. The van der Waals surface area contributed by atoms with Crippen molar-refractivity contribution in [3.8, 4) is 0 Å². The summed E-state index contributed by atoms with van der Waals surface area (Å²) in [5, 5.41) is 3.59. The van der Waals surface area contributed by atoms with Gasteiger partial charge in [0.25, 0.3) is 0 Å². The van der Waals surface area contributed by atoms with Crippen LogP contribution in [0.25, 0.3) is 0 Å². The van der Waals surface area contributed by atoms with Gasteiger partial charge >= 0.3 is 0 Å². The predicted molar refractivity (Wildman–Crippen MR) is 95.9 cm³/mol. The van der Waals surface area contributed by atoms with Crippen LogP contribution in [-0.4, -0.2) is 11.2 Å². The number of hydrogen-bond acceptors (Lipinski definition) is 2. The molecule has 0 saturated carbocycles. The minimum atomic E-state index is -0.122. The van der Waals surface area contributed by atoms with Crippen molar-refractivity contribution in [3.05, 3.63) is 58.6 Å². The molecular formula is C18H20ClNOS. The van der Waals surface area contributed by atoms with Gasteiger partial charge in [-0.1, -0.05) is 24.6 Å². The normalized spacial score (nSPS) is 12.0. The van der Waals surface area contributed by atoms with Crippen LogP contribution in [0, 0.1) is 13.8 Å². The predicted octanol–water partition coefficient (Wildman–Crippen LogP) is 5.47. The Morgan fingerprint density at radius 2 is 1.82 bits per heavy atom.